The molecule has 1 unspecified atom stereocenters. The summed E-state index contributed by atoms with van der Waals surface area (Å²) in [4.78, 5) is 13.5. The number of aliphatic hydroxyl groups excluding tert-OH is 1. The van der Waals surface area contributed by atoms with Crippen molar-refractivity contribution in [3.8, 4) is 34.3 Å². The molecule has 0 bridgehead atoms. The molecule has 2 aromatic carbocycles. The van der Waals surface area contributed by atoms with Crippen LogP contribution in [0.2, 0.25) is 0 Å². The van der Waals surface area contributed by atoms with Crippen molar-refractivity contribution in [1.29, 1.82) is 0 Å². The maximum Gasteiger partial charge on any atom is 0.200 e. The van der Waals surface area contributed by atoms with Gasteiger partial charge in [-0.15, -0.1) is 0 Å². The highest BCUT2D eigenvalue weighted by Crippen LogP contribution is 2.43. The Morgan fingerprint density at radius 3 is 2.53 bits per heavy atom. The van der Waals surface area contributed by atoms with E-state index >= 15 is 0 Å². The zero-order chi connectivity index (χ0) is 23.4. The number of hydrogen-bond acceptors (Lipinski definition) is 7. The molecule has 0 radical (unpaired) electrons. The largest absolute Gasteiger partial charge is 0.508 e. The number of phenolic OH excluding ortho intramolecular Hbond substituents is 3. The average molecular weight is 438 g/mol. The van der Waals surface area contributed by atoms with Crippen molar-refractivity contribution < 1.29 is 29.6 Å². The average Bonchev–Trinajstić information content (AvgIpc) is 2.68. The lowest BCUT2D eigenvalue weighted by atomic mass is 9.89. The number of aromatic hydroxyl groups is 3. The summed E-state index contributed by atoms with van der Waals surface area (Å²) in [6.45, 7) is 7.27. The Morgan fingerprint density at radius 1 is 1.16 bits per heavy atom. The zero-order valence-electron chi connectivity index (χ0n) is 18.4. The number of aliphatic hydroxyl groups is 1. The van der Waals surface area contributed by atoms with Gasteiger partial charge in [0.1, 0.15) is 45.3 Å². The maximum atomic E-state index is 13.5. The number of rotatable bonds is 3. The second-order valence-corrected chi connectivity index (χ2v) is 8.93. The Balaban J connectivity index is 2.09. The van der Waals surface area contributed by atoms with Crippen molar-refractivity contribution in [3.63, 3.8) is 0 Å². The van der Waals surface area contributed by atoms with E-state index in [1.54, 1.807) is 13.8 Å². The van der Waals surface area contributed by atoms with Crippen LogP contribution in [-0.4, -0.2) is 32.1 Å². The first-order valence-electron chi connectivity index (χ1n) is 10.4. The molecule has 7 heteroatoms. The van der Waals surface area contributed by atoms with Crippen LogP contribution >= 0.6 is 0 Å². The SMILES string of the molecule is CC(C)=CCc1c(-c2ccc(O)cc2O)oc2c3c(cc(O)c2c1=O)OC(C)(C)C(O)C3. The molecule has 1 aliphatic heterocycles. The van der Waals surface area contributed by atoms with Crippen molar-refractivity contribution >= 4 is 11.0 Å². The molecule has 4 rings (SSSR count). The number of hydrogen-bond donors (Lipinski definition) is 4. The van der Waals surface area contributed by atoms with Gasteiger partial charge < -0.3 is 29.6 Å². The summed E-state index contributed by atoms with van der Waals surface area (Å²) < 4.78 is 12.1. The van der Waals surface area contributed by atoms with Crippen molar-refractivity contribution in [1.82, 2.24) is 0 Å². The highest BCUT2D eigenvalue weighted by atomic mass is 16.5. The molecule has 7 nitrogen and oxygen atoms in total. The smallest absolute Gasteiger partial charge is 0.200 e. The first kappa shape index (κ1) is 21.8. The van der Waals surface area contributed by atoms with E-state index in [1.807, 2.05) is 19.9 Å². The second-order valence-electron chi connectivity index (χ2n) is 8.93. The lowest BCUT2D eigenvalue weighted by Crippen LogP contribution is -2.46. The summed E-state index contributed by atoms with van der Waals surface area (Å²) in [6, 6.07) is 5.39. The number of benzene rings is 2. The van der Waals surface area contributed by atoms with Gasteiger partial charge in [0, 0.05) is 29.7 Å². The van der Waals surface area contributed by atoms with E-state index in [-0.39, 0.29) is 57.9 Å². The molecular weight excluding hydrogens is 412 g/mol. The van der Waals surface area contributed by atoms with E-state index in [4.69, 9.17) is 9.15 Å². The Kier molecular flexibility index (Phi) is 5.17. The van der Waals surface area contributed by atoms with Crippen LogP contribution in [0.25, 0.3) is 22.3 Å². The van der Waals surface area contributed by atoms with Crippen LogP contribution in [0.1, 0.15) is 38.8 Å². The van der Waals surface area contributed by atoms with Crippen LogP contribution in [0.3, 0.4) is 0 Å². The Morgan fingerprint density at radius 2 is 1.88 bits per heavy atom. The number of ether oxygens (including phenoxy) is 1. The summed E-state index contributed by atoms with van der Waals surface area (Å²) in [5.74, 6) is -0.206. The highest BCUT2D eigenvalue weighted by Gasteiger charge is 2.38. The highest BCUT2D eigenvalue weighted by molar-refractivity contribution is 5.91. The molecular formula is C25H26O7. The minimum absolute atomic E-state index is 0.00145. The zero-order valence-corrected chi connectivity index (χ0v) is 18.4. The molecule has 1 atom stereocenters. The van der Waals surface area contributed by atoms with Crippen LogP contribution in [0, 0.1) is 0 Å². The fraction of sp³-hybridized carbons (Fsp3) is 0.320. The van der Waals surface area contributed by atoms with Crippen LogP contribution in [-0.2, 0) is 12.8 Å². The summed E-state index contributed by atoms with van der Waals surface area (Å²) in [7, 11) is 0. The standard InChI is InChI=1S/C25H26O7/c1-12(2)5-7-15-22(30)21-18(28)11-19-16(10-20(29)25(3,4)32-19)24(21)31-23(15)14-8-6-13(26)9-17(14)27/h5-6,8-9,11,20,26-29H,7,10H2,1-4H3. The van der Waals surface area contributed by atoms with E-state index in [0.717, 1.165) is 11.6 Å². The summed E-state index contributed by atoms with van der Waals surface area (Å²) in [5, 5.41) is 41.4. The summed E-state index contributed by atoms with van der Waals surface area (Å²) in [6.07, 6.45) is 1.38. The predicted molar refractivity (Wildman–Crippen MR) is 120 cm³/mol. The van der Waals surface area contributed by atoms with Gasteiger partial charge in [0.2, 0.25) is 5.43 Å². The van der Waals surface area contributed by atoms with Gasteiger partial charge in [0.15, 0.2) is 0 Å². The van der Waals surface area contributed by atoms with Gasteiger partial charge in [-0.3, -0.25) is 4.79 Å². The third kappa shape index (κ3) is 3.58. The molecule has 168 valence electrons. The number of phenols is 3. The first-order valence-corrected chi connectivity index (χ1v) is 10.4. The molecule has 32 heavy (non-hydrogen) atoms. The minimum atomic E-state index is -0.880. The third-order valence-electron chi connectivity index (χ3n) is 5.82. The van der Waals surface area contributed by atoms with Crippen molar-refractivity contribution in [2.75, 3.05) is 0 Å². The lowest BCUT2D eigenvalue weighted by molar-refractivity contribution is -0.0410. The van der Waals surface area contributed by atoms with Gasteiger partial charge in [-0.1, -0.05) is 11.6 Å². The molecule has 0 aliphatic carbocycles. The van der Waals surface area contributed by atoms with Crippen molar-refractivity contribution in [2.24, 2.45) is 0 Å². The summed E-state index contributed by atoms with van der Waals surface area (Å²) >= 11 is 0. The fourth-order valence-corrected chi connectivity index (χ4v) is 3.91. The van der Waals surface area contributed by atoms with E-state index in [1.165, 1.54) is 18.2 Å². The van der Waals surface area contributed by atoms with Crippen molar-refractivity contribution in [2.45, 2.75) is 52.2 Å². The topological polar surface area (TPSA) is 120 Å². The van der Waals surface area contributed by atoms with E-state index in [9.17, 15) is 25.2 Å². The van der Waals surface area contributed by atoms with E-state index in [2.05, 4.69) is 0 Å². The van der Waals surface area contributed by atoms with Crippen LogP contribution in [0.15, 0.2) is 45.1 Å². The number of fused-ring (bicyclic) bond motifs is 3. The number of allylic oxidation sites excluding steroid dienone is 2. The molecule has 0 fully saturated rings. The molecule has 4 N–H and O–H groups in total. The normalized spacial score (nSPS) is 17.0. The van der Waals surface area contributed by atoms with Gasteiger partial charge in [-0.25, -0.2) is 0 Å². The van der Waals surface area contributed by atoms with Gasteiger partial charge in [0.25, 0.3) is 0 Å². The van der Waals surface area contributed by atoms with Gasteiger partial charge in [0.05, 0.1) is 11.7 Å². The monoisotopic (exact) mass is 438 g/mol. The molecule has 1 aliphatic rings. The Bertz CT molecular complexity index is 1310. The predicted octanol–water partition coefficient (Wildman–Crippen LogP) is 4.16. The van der Waals surface area contributed by atoms with Gasteiger partial charge in [-0.2, -0.15) is 0 Å². The van der Waals surface area contributed by atoms with Gasteiger partial charge >= 0.3 is 0 Å². The molecule has 0 saturated heterocycles. The first-order chi connectivity index (χ1) is 15.0. The molecule has 2 heterocycles. The van der Waals surface area contributed by atoms with Crippen LogP contribution in [0.5, 0.6) is 23.0 Å². The quantitative estimate of drug-likeness (QED) is 0.453. The van der Waals surface area contributed by atoms with E-state index in [0.29, 0.717) is 11.3 Å². The Labute approximate surface area is 184 Å². The van der Waals surface area contributed by atoms with Crippen LogP contribution < -0.4 is 10.2 Å². The minimum Gasteiger partial charge on any atom is -0.508 e. The maximum absolute atomic E-state index is 13.5. The molecule has 0 spiro atoms. The van der Waals surface area contributed by atoms with Crippen LogP contribution in [0.4, 0.5) is 0 Å². The molecule has 1 aromatic heterocycles. The van der Waals surface area contributed by atoms with Gasteiger partial charge in [-0.05, 0) is 46.2 Å². The molecule has 0 amide bonds. The van der Waals surface area contributed by atoms with E-state index < -0.39 is 17.1 Å². The molecule has 0 saturated carbocycles. The fourth-order valence-electron chi connectivity index (χ4n) is 3.91. The second kappa shape index (κ2) is 7.60. The Hall–Kier alpha value is -3.45. The molecule has 3 aromatic rings. The van der Waals surface area contributed by atoms with Crippen molar-refractivity contribution in [3.05, 3.63) is 57.3 Å². The lowest BCUT2D eigenvalue weighted by Gasteiger charge is -2.37. The third-order valence-corrected chi connectivity index (χ3v) is 5.82. The summed E-state index contributed by atoms with van der Waals surface area (Å²) in [5.41, 5.74) is 0.721.